The van der Waals surface area contributed by atoms with Gasteiger partial charge in [0.1, 0.15) is 12.2 Å². The molecule has 3 aromatic carbocycles. The number of hydrogen-bond donors (Lipinski definition) is 1. The van der Waals surface area contributed by atoms with Crippen molar-refractivity contribution in [3.8, 4) is 0 Å². The molecular weight excluding hydrogens is 781 g/mol. The minimum absolute atomic E-state index is 0.0110. The van der Waals surface area contributed by atoms with Crippen LogP contribution in [-0.4, -0.2) is 41.6 Å². The molecule has 53 heavy (non-hydrogen) atoms. The largest absolute Gasteiger partial charge is 0.449 e. The van der Waals surface area contributed by atoms with Crippen LogP contribution in [0.25, 0.3) is 0 Å². The summed E-state index contributed by atoms with van der Waals surface area (Å²) in [5, 5.41) is 41.5. The highest BCUT2D eigenvalue weighted by atomic mass is 35.5. The second kappa shape index (κ2) is 22.7. The van der Waals surface area contributed by atoms with Gasteiger partial charge in [-0.05, 0) is 155 Å². The van der Waals surface area contributed by atoms with E-state index in [0.29, 0.717) is 16.7 Å². The predicted octanol–water partition coefficient (Wildman–Crippen LogP) is 11.3. The van der Waals surface area contributed by atoms with E-state index < -0.39 is 48.5 Å². The Balaban J connectivity index is 0.000000731. The van der Waals surface area contributed by atoms with Crippen LogP contribution < -0.4 is 0 Å². The zero-order valence-electron chi connectivity index (χ0n) is 30.5. The third-order valence-corrected chi connectivity index (χ3v) is 8.07. The van der Waals surface area contributed by atoms with Crippen molar-refractivity contribution in [2.75, 3.05) is 6.26 Å². The number of nitro benzene ring substituents is 3. The summed E-state index contributed by atoms with van der Waals surface area (Å²) in [5.74, 6) is 0. The van der Waals surface area contributed by atoms with E-state index in [9.17, 15) is 45.0 Å². The van der Waals surface area contributed by atoms with Crippen LogP contribution in [0.2, 0.25) is 0 Å². The maximum atomic E-state index is 11.2. The van der Waals surface area contributed by atoms with Crippen LogP contribution in [-0.2, 0) is 9.47 Å². The first-order chi connectivity index (χ1) is 24.3. The van der Waals surface area contributed by atoms with E-state index in [1.807, 2.05) is 34.6 Å². The summed E-state index contributed by atoms with van der Waals surface area (Å²) >= 11 is 14.8. The summed E-state index contributed by atoms with van der Waals surface area (Å²) in [5.41, 5.74) is 5.35. The molecule has 1 N–H and O–H groups in total. The van der Waals surface area contributed by atoms with Crippen molar-refractivity contribution in [2.45, 2.75) is 80.6 Å². The SMILES string of the molecule is CSC(=O)OC(C)c1cc(C)c(C)cc1[N+](=O)[O-].Cc1cc(C(C)O)c([N+](=O)[O-])cc1C.Cc1cc(C(C)OC(=O)Cl)c([N+](=O)[O-])cc1C.O=C(Cl)Cl. The third kappa shape index (κ3) is 16.5. The van der Waals surface area contributed by atoms with E-state index in [1.165, 1.54) is 32.0 Å². The lowest BCUT2D eigenvalue weighted by atomic mass is 10.0. The van der Waals surface area contributed by atoms with Crippen LogP contribution >= 0.6 is 46.6 Å². The molecule has 3 aromatic rings. The van der Waals surface area contributed by atoms with Gasteiger partial charge in [-0.25, -0.2) is 9.59 Å². The summed E-state index contributed by atoms with van der Waals surface area (Å²) in [4.78, 5) is 62.0. The van der Waals surface area contributed by atoms with Gasteiger partial charge in [0.2, 0.25) is 0 Å². The van der Waals surface area contributed by atoms with Gasteiger partial charge in [-0.15, -0.1) is 0 Å². The molecule has 0 spiro atoms. The number of nitro groups is 3. The fourth-order valence-electron chi connectivity index (χ4n) is 4.39. The Labute approximate surface area is 325 Å². The molecule has 0 radical (unpaired) electrons. The quantitative estimate of drug-likeness (QED) is 0.0968. The molecule has 0 aliphatic carbocycles. The van der Waals surface area contributed by atoms with Gasteiger partial charge in [0.25, 0.3) is 17.1 Å². The van der Waals surface area contributed by atoms with Gasteiger partial charge in [0.05, 0.1) is 37.6 Å². The molecule has 0 bridgehead atoms. The number of ether oxygens (including phenoxy) is 2. The van der Waals surface area contributed by atoms with Crippen LogP contribution in [0, 0.1) is 71.9 Å². The maximum Gasteiger partial charge on any atom is 0.404 e. The van der Waals surface area contributed by atoms with Crippen molar-refractivity contribution in [1.82, 2.24) is 0 Å². The van der Waals surface area contributed by atoms with E-state index in [4.69, 9.17) is 25.9 Å². The van der Waals surface area contributed by atoms with Crippen LogP contribution in [0.1, 0.15) is 89.2 Å². The highest BCUT2D eigenvalue weighted by Crippen LogP contribution is 2.32. The number of aliphatic hydroxyl groups excluding tert-OH is 1. The highest BCUT2D eigenvalue weighted by molar-refractivity contribution is 8.12. The number of aryl methyl sites for hydroxylation is 6. The molecule has 15 nitrogen and oxygen atoms in total. The number of rotatable bonds is 8. The Morgan fingerprint density at radius 1 is 0.604 bits per heavy atom. The Kier molecular flexibility index (Phi) is 20.8. The van der Waals surface area contributed by atoms with Gasteiger partial charge in [0.15, 0.2) is 0 Å². The molecule has 3 rings (SSSR count). The first-order valence-electron chi connectivity index (χ1n) is 15.3. The number of carbonyl (C=O) groups excluding carboxylic acids is 3. The average Bonchev–Trinajstić information content (AvgIpc) is 3.03. The predicted molar refractivity (Wildman–Crippen MR) is 205 cm³/mol. The lowest BCUT2D eigenvalue weighted by Crippen LogP contribution is -2.07. The molecular formula is C34H40Cl3N3O12S. The van der Waals surface area contributed by atoms with Gasteiger partial charge in [-0.1, -0.05) is 0 Å². The molecule has 3 atom stereocenters. The Hall–Kier alpha value is -4.35. The number of halogens is 3. The van der Waals surface area contributed by atoms with Crippen LogP contribution in [0.15, 0.2) is 36.4 Å². The van der Waals surface area contributed by atoms with Crippen LogP contribution in [0.4, 0.5) is 31.4 Å². The van der Waals surface area contributed by atoms with E-state index in [1.54, 1.807) is 38.3 Å². The zero-order chi connectivity index (χ0) is 41.5. The number of carbonyl (C=O) groups is 3. The lowest BCUT2D eigenvalue weighted by molar-refractivity contribution is -0.386. The molecule has 19 heteroatoms. The first kappa shape index (κ1) is 48.6. The van der Waals surface area contributed by atoms with Crippen molar-refractivity contribution in [1.29, 1.82) is 0 Å². The summed E-state index contributed by atoms with van der Waals surface area (Å²) < 4.78 is 8.95. The van der Waals surface area contributed by atoms with Crippen LogP contribution in [0.5, 0.6) is 0 Å². The molecule has 0 amide bonds. The molecule has 0 aliphatic rings. The van der Waals surface area contributed by atoms with Crippen molar-refractivity contribution in [3.63, 3.8) is 0 Å². The lowest BCUT2D eigenvalue weighted by Gasteiger charge is -2.14. The smallest absolute Gasteiger partial charge is 0.404 e. The fourth-order valence-corrected chi connectivity index (χ4v) is 4.76. The van der Waals surface area contributed by atoms with Gasteiger partial charge >= 0.3 is 15.4 Å². The monoisotopic (exact) mass is 819 g/mol. The minimum atomic E-state index is -0.981. The molecule has 0 aromatic heterocycles. The number of hydrogen-bond acceptors (Lipinski definition) is 13. The average molecular weight is 821 g/mol. The van der Waals surface area contributed by atoms with E-state index in [0.717, 1.165) is 45.1 Å². The minimum Gasteiger partial charge on any atom is -0.449 e. The summed E-state index contributed by atoms with van der Waals surface area (Å²) in [7, 11) is 0. The van der Waals surface area contributed by atoms with Gasteiger partial charge in [-0.2, -0.15) is 0 Å². The Morgan fingerprint density at radius 3 is 1.13 bits per heavy atom. The molecule has 0 heterocycles. The van der Waals surface area contributed by atoms with Gasteiger partial charge in [-0.3, -0.25) is 35.1 Å². The van der Waals surface area contributed by atoms with Crippen molar-refractivity contribution in [2.24, 2.45) is 0 Å². The zero-order valence-corrected chi connectivity index (χ0v) is 33.6. The number of aliphatic hydroxyl groups is 1. The van der Waals surface area contributed by atoms with Gasteiger partial charge < -0.3 is 14.6 Å². The molecule has 0 fully saturated rings. The normalized spacial score (nSPS) is 11.7. The summed E-state index contributed by atoms with van der Waals surface area (Å²) in [6.45, 7) is 15.7. The topological polar surface area (TPSA) is 219 Å². The van der Waals surface area contributed by atoms with E-state index in [2.05, 4.69) is 23.2 Å². The van der Waals surface area contributed by atoms with Gasteiger partial charge in [0, 0.05) is 29.8 Å². The van der Waals surface area contributed by atoms with E-state index >= 15 is 0 Å². The number of thioether (sulfide) groups is 1. The fraction of sp³-hybridized carbons (Fsp3) is 0.382. The van der Waals surface area contributed by atoms with Crippen molar-refractivity contribution >= 4 is 79.1 Å². The number of benzene rings is 3. The molecule has 3 unspecified atom stereocenters. The standard InChI is InChI=1S/C12H15NO4S.C11H12ClNO4.C10H13NO3.CCl2O/c1-7-5-10(9(3)17-12(14)18-4)11(13(15)16)6-8(7)2;1-6-4-9(8(3)17-11(12)14)10(13(15)16)5-7(6)2;1-6-4-9(8(3)12)10(11(13)14)5-7(6)2;2-1(3)4/h5-6,9H,1-4H3;4-5,8H,1-3H3;4-5,8,12H,1-3H3;. The van der Waals surface area contributed by atoms with Crippen molar-refractivity contribution in [3.05, 3.63) is 117 Å². The second-order valence-electron chi connectivity index (χ2n) is 11.4. The summed E-state index contributed by atoms with van der Waals surface area (Å²) in [6.07, 6.45) is -0.594. The maximum absolute atomic E-state index is 11.2. The second-order valence-corrected chi connectivity index (χ2v) is 13.3. The third-order valence-electron chi connectivity index (χ3n) is 7.55. The summed E-state index contributed by atoms with van der Waals surface area (Å²) in [6, 6.07) is 9.47. The Morgan fingerprint density at radius 2 is 0.868 bits per heavy atom. The molecule has 0 aliphatic heterocycles. The molecule has 290 valence electrons. The Bertz CT molecular complexity index is 1840. The molecule has 0 saturated carbocycles. The highest BCUT2D eigenvalue weighted by Gasteiger charge is 2.24. The van der Waals surface area contributed by atoms with E-state index in [-0.39, 0.29) is 17.1 Å². The molecule has 0 saturated heterocycles. The number of nitrogens with zero attached hydrogens (tertiary/aromatic N) is 3. The van der Waals surface area contributed by atoms with Crippen LogP contribution in [0.3, 0.4) is 0 Å². The first-order valence-corrected chi connectivity index (χ1v) is 17.6. The van der Waals surface area contributed by atoms with Crippen molar-refractivity contribution < 1.29 is 43.7 Å².